The molecule has 0 amide bonds. The van der Waals surface area contributed by atoms with Crippen molar-refractivity contribution in [3.8, 4) is 0 Å². The van der Waals surface area contributed by atoms with E-state index in [1.54, 1.807) is 0 Å². The lowest BCUT2D eigenvalue weighted by atomic mass is 9.94. The second kappa shape index (κ2) is 6.97. The van der Waals surface area contributed by atoms with Gasteiger partial charge in [-0.3, -0.25) is 0 Å². The Morgan fingerprint density at radius 2 is 1.59 bits per heavy atom. The van der Waals surface area contributed by atoms with Crippen molar-refractivity contribution in [1.29, 1.82) is 0 Å². The summed E-state index contributed by atoms with van der Waals surface area (Å²) in [4.78, 5) is 2.41. The van der Waals surface area contributed by atoms with Crippen LogP contribution in [0.25, 0.3) is 0 Å². The predicted octanol–water partition coefficient (Wildman–Crippen LogP) is 6.23. The predicted molar refractivity (Wildman–Crippen MR) is 101 cm³/mol. The van der Waals surface area contributed by atoms with Crippen LogP contribution in [-0.4, -0.2) is 12.2 Å². The first-order valence-electron chi connectivity index (χ1n) is 7.27. The third kappa shape index (κ3) is 3.54. The fourth-order valence-corrected chi connectivity index (χ4v) is 4.09. The van der Waals surface area contributed by atoms with Gasteiger partial charge in [0.15, 0.2) is 0 Å². The van der Waals surface area contributed by atoms with Gasteiger partial charge < -0.3 is 4.90 Å². The maximum Gasteiger partial charge on any atom is 0.0557 e. The van der Waals surface area contributed by atoms with Crippen molar-refractivity contribution in [2.45, 2.75) is 24.5 Å². The summed E-state index contributed by atoms with van der Waals surface area (Å²) < 4.78 is 0. The second-order valence-corrected chi connectivity index (χ2v) is 7.87. The number of anilines is 1. The Bertz CT molecular complexity index is 659. The number of rotatable bonds is 2. The van der Waals surface area contributed by atoms with Crippen LogP contribution in [0.3, 0.4) is 0 Å². The summed E-state index contributed by atoms with van der Waals surface area (Å²) in [6.07, 6.45) is 2.23. The number of benzene rings is 2. The van der Waals surface area contributed by atoms with Crippen LogP contribution in [0.5, 0.6) is 0 Å². The molecular weight excluding hydrogens is 356 g/mol. The van der Waals surface area contributed by atoms with Gasteiger partial charge in [-0.1, -0.05) is 40.9 Å². The van der Waals surface area contributed by atoms with Crippen LogP contribution in [0, 0.1) is 0 Å². The Morgan fingerprint density at radius 3 is 2.27 bits per heavy atom. The lowest BCUT2D eigenvalue weighted by molar-refractivity contribution is 0.482. The highest BCUT2D eigenvalue weighted by molar-refractivity contribution is 7.17. The van der Waals surface area contributed by atoms with Crippen LogP contribution in [0.15, 0.2) is 42.5 Å². The largest absolute Gasteiger partial charge is 0.364 e. The van der Waals surface area contributed by atoms with Gasteiger partial charge in [-0.15, -0.1) is 9.24 Å². The van der Waals surface area contributed by atoms with Crippen molar-refractivity contribution >= 4 is 49.7 Å². The van der Waals surface area contributed by atoms with Crippen LogP contribution in [-0.2, 0) is 0 Å². The SMILES string of the molecule is PC1CCC(c2ccc(Cl)cc2Cl)N(c2ccc(Cl)cc2)C1. The summed E-state index contributed by atoms with van der Waals surface area (Å²) in [5, 5.41) is 2.16. The van der Waals surface area contributed by atoms with Gasteiger partial charge >= 0.3 is 0 Å². The highest BCUT2D eigenvalue weighted by atomic mass is 35.5. The Morgan fingerprint density at radius 1 is 0.909 bits per heavy atom. The summed E-state index contributed by atoms with van der Waals surface area (Å²) in [6, 6.07) is 14.1. The first kappa shape index (κ1) is 16.4. The molecule has 22 heavy (non-hydrogen) atoms. The van der Waals surface area contributed by atoms with Gasteiger partial charge in [-0.2, -0.15) is 0 Å². The van der Waals surface area contributed by atoms with Gasteiger partial charge in [0, 0.05) is 27.3 Å². The molecule has 1 saturated heterocycles. The van der Waals surface area contributed by atoms with Crippen molar-refractivity contribution in [3.63, 3.8) is 0 Å². The lowest BCUT2D eigenvalue weighted by Gasteiger charge is -2.41. The molecule has 0 spiro atoms. The quantitative estimate of drug-likeness (QED) is 0.565. The fraction of sp³-hybridized carbons (Fsp3) is 0.294. The van der Waals surface area contributed by atoms with Crippen LogP contribution < -0.4 is 4.90 Å². The van der Waals surface area contributed by atoms with Crippen molar-refractivity contribution in [3.05, 3.63) is 63.1 Å². The average molecular weight is 373 g/mol. The molecule has 0 radical (unpaired) electrons. The number of halogens is 3. The van der Waals surface area contributed by atoms with Gasteiger partial charge in [0.2, 0.25) is 0 Å². The van der Waals surface area contributed by atoms with Crippen LogP contribution in [0.2, 0.25) is 15.1 Å². The van der Waals surface area contributed by atoms with Crippen molar-refractivity contribution in [1.82, 2.24) is 0 Å². The molecule has 0 bridgehead atoms. The molecule has 1 aliphatic heterocycles. The van der Waals surface area contributed by atoms with Crippen LogP contribution in [0.4, 0.5) is 5.69 Å². The van der Waals surface area contributed by atoms with E-state index in [1.165, 1.54) is 12.1 Å². The normalized spacial score (nSPS) is 21.9. The molecule has 0 aliphatic carbocycles. The van der Waals surface area contributed by atoms with E-state index in [9.17, 15) is 0 Å². The van der Waals surface area contributed by atoms with Gasteiger partial charge in [-0.05, 0) is 60.5 Å². The molecule has 5 heteroatoms. The summed E-state index contributed by atoms with van der Waals surface area (Å²) in [6.45, 7) is 0.982. The molecule has 0 saturated carbocycles. The topological polar surface area (TPSA) is 3.24 Å². The fourth-order valence-electron chi connectivity index (χ4n) is 3.01. The highest BCUT2D eigenvalue weighted by Crippen LogP contribution is 2.40. The molecule has 0 N–H and O–H groups in total. The third-order valence-corrected chi connectivity index (χ3v) is 5.46. The van der Waals surface area contributed by atoms with Crippen molar-refractivity contribution < 1.29 is 0 Å². The molecule has 2 aromatic carbocycles. The molecule has 1 nitrogen and oxygen atoms in total. The van der Waals surface area contributed by atoms with Gasteiger partial charge in [-0.25, -0.2) is 0 Å². The first-order chi connectivity index (χ1) is 10.5. The lowest BCUT2D eigenvalue weighted by Crippen LogP contribution is -2.38. The van der Waals surface area contributed by atoms with E-state index in [-0.39, 0.29) is 6.04 Å². The second-order valence-electron chi connectivity index (χ2n) is 5.65. The Balaban J connectivity index is 1.98. The van der Waals surface area contributed by atoms with Gasteiger partial charge in [0.1, 0.15) is 0 Å². The molecule has 2 aromatic rings. The van der Waals surface area contributed by atoms with Gasteiger partial charge in [0.25, 0.3) is 0 Å². The number of hydrogen-bond donors (Lipinski definition) is 0. The Hall–Kier alpha value is -0.460. The Kier molecular flexibility index (Phi) is 5.20. The smallest absolute Gasteiger partial charge is 0.0557 e. The zero-order chi connectivity index (χ0) is 15.7. The summed E-state index contributed by atoms with van der Waals surface area (Å²) >= 11 is 18.5. The Labute approximate surface area is 148 Å². The maximum atomic E-state index is 6.44. The minimum absolute atomic E-state index is 0.266. The van der Waals surface area contributed by atoms with Crippen molar-refractivity contribution in [2.24, 2.45) is 0 Å². The van der Waals surface area contributed by atoms with E-state index in [4.69, 9.17) is 34.8 Å². The molecule has 1 heterocycles. The number of hydrogen-bond acceptors (Lipinski definition) is 1. The third-order valence-electron chi connectivity index (χ3n) is 4.10. The minimum Gasteiger partial charge on any atom is -0.364 e. The number of nitrogens with zero attached hydrogens (tertiary/aromatic N) is 1. The monoisotopic (exact) mass is 371 g/mol. The average Bonchev–Trinajstić information content (AvgIpc) is 2.49. The van der Waals surface area contributed by atoms with E-state index < -0.39 is 0 Å². The van der Waals surface area contributed by atoms with Crippen molar-refractivity contribution in [2.75, 3.05) is 11.4 Å². The zero-order valence-electron chi connectivity index (χ0n) is 12.0. The molecule has 1 aliphatic rings. The molecule has 3 unspecified atom stereocenters. The molecule has 0 aromatic heterocycles. The standard InChI is InChI=1S/C17H17Cl3NP/c18-11-1-4-13(5-2-11)21-10-14(22)6-8-17(21)15-7-3-12(19)9-16(15)20/h1-5,7,9,14,17H,6,8,10,22H2. The van der Waals surface area contributed by atoms with E-state index in [0.717, 1.165) is 28.6 Å². The van der Waals surface area contributed by atoms with Crippen LogP contribution in [0.1, 0.15) is 24.4 Å². The van der Waals surface area contributed by atoms with Gasteiger partial charge in [0.05, 0.1) is 6.04 Å². The van der Waals surface area contributed by atoms with E-state index in [1.807, 2.05) is 30.3 Å². The van der Waals surface area contributed by atoms with E-state index in [0.29, 0.717) is 10.7 Å². The van der Waals surface area contributed by atoms with E-state index in [2.05, 4.69) is 26.3 Å². The van der Waals surface area contributed by atoms with Crippen LogP contribution >= 0.6 is 44.0 Å². The zero-order valence-corrected chi connectivity index (χ0v) is 15.4. The minimum atomic E-state index is 0.266. The first-order valence-corrected chi connectivity index (χ1v) is 9.07. The molecular formula is C17H17Cl3NP. The molecule has 116 valence electrons. The summed E-state index contributed by atoms with van der Waals surface area (Å²) in [5.74, 6) is 0. The highest BCUT2D eigenvalue weighted by Gasteiger charge is 2.29. The number of piperidine rings is 1. The molecule has 3 atom stereocenters. The molecule has 1 fully saturated rings. The molecule has 3 rings (SSSR count). The summed E-state index contributed by atoms with van der Waals surface area (Å²) in [5.41, 5.74) is 2.89. The summed E-state index contributed by atoms with van der Waals surface area (Å²) in [7, 11) is 2.94. The van der Waals surface area contributed by atoms with E-state index >= 15 is 0 Å². The maximum absolute atomic E-state index is 6.44.